The van der Waals surface area contributed by atoms with E-state index < -0.39 is 8.24 Å². The van der Waals surface area contributed by atoms with Crippen LogP contribution >= 0.6 is 8.79 Å². The van der Waals surface area contributed by atoms with Crippen molar-refractivity contribution in [1.29, 1.82) is 0 Å². The standard InChI is InChI=1S/C15H28NPSi2/c1-11(2)13-9-8-10-14(12(3)4)15(13)16(18-17)19(5,6)7/h8-12H,17H2,1-7H3. The van der Waals surface area contributed by atoms with Gasteiger partial charge in [0.1, 0.15) is 8.24 Å². The highest BCUT2D eigenvalue weighted by molar-refractivity contribution is 7.57. The van der Waals surface area contributed by atoms with Gasteiger partial charge in [-0.1, -0.05) is 65.5 Å². The predicted octanol–water partition coefficient (Wildman–Crippen LogP) is 4.98. The first kappa shape index (κ1) is 16.9. The monoisotopic (exact) mass is 309 g/mol. The minimum atomic E-state index is -1.36. The van der Waals surface area contributed by atoms with Crippen LogP contribution in [0.2, 0.25) is 19.6 Å². The minimum absolute atomic E-state index is 0.578. The second-order valence-corrected chi connectivity index (χ2v) is 13.4. The summed E-state index contributed by atoms with van der Waals surface area (Å²) in [6, 6.07) is 6.84. The summed E-state index contributed by atoms with van der Waals surface area (Å²) in [6.07, 6.45) is 0. The van der Waals surface area contributed by atoms with Crippen molar-refractivity contribution < 1.29 is 0 Å². The summed E-state index contributed by atoms with van der Waals surface area (Å²) in [4.78, 5) is 0. The smallest absolute Gasteiger partial charge is 0.200 e. The van der Waals surface area contributed by atoms with Crippen molar-refractivity contribution >= 4 is 32.1 Å². The van der Waals surface area contributed by atoms with Crippen LogP contribution in [0.25, 0.3) is 0 Å². The third kappa shape index (κ3) is 3.93. The molecule has 0 heterocycles. The van der Waals surface area contributed by atoms with Crippen LogP contribution in [0.4, 0.5) is 5.69 Å². The van der Waals surface area contributed by atoms with Crippen molar-refractivity contribution in [3.05, 3.63) is 29.3 Å². The molecule has 1 atom stereocenters. The van der Waals surface area contributed by atoms with Gasteiger partial charge in [0.05, 0.1) is 0 Å². The van der Waals surface area contributed by atoms with E-state index in [1.54, 1.807) is 0 Å². The van der Waals surface area contributed by atoms with E-state index in [0.29, 0.717) is 11.8 Å². The van der Waals surface area contributed by atoms with E-state index in [4.69, 9.17) is 0 Å². The van der Waals surface area contributed by atoms with Gasteiger partial charge in [0, 0.05) is 5.69 Å². The number of hydrogen-bond donors (Lipinski definition) is 0. The van der Waals surface area contributed by atoms with Gasteiger partial charge in [-0.3, -0.25) is 0 Å². The third-order valence-electron chi connectivity index (χ3n) is 3.37. The Bertz CT molecular complexity index is 398. The van der Waals surface area contributed by atoms with E-state index >= 15 is 0 Å². The SMILES string of the molecule is CC(C)c1cccc(C(C)C)c1N([Si]P)[Si](C)(C)C. The fraction of sp³-hybridized carbons (Fsp3) is 0.600. The highest BCUT2D eigenvalue weighted by Crippen LogP contribution is 2.37. The van der Waals surface area contributed by atoms with E-state index in [2.05, 4.69) is 78.6 Å². The molecule has 1 aromatic rings. The molecule has 106 valence electrons. The lowest BCUT2D eigenvalue weighted by molar-refractivity contribution is 0.835. The van der Waals surface area contributed by atoms with E-state index in [9.17, 15) is 0 Å². The van der Waals surface area contributed by atoms with Crippen molar-refractivity contribution in [3.8, 4) is 0 Å². The van der Waals surface area contributed by atoms with Gasteiger partial charge in [0.15, 0.2) is 9.35 Å². The molecule has 0 spiro atoms. The maximum absolute atomic E-state index is 2.95. The van der Waals surface area contributed by atoms with E-state index in [1.807, 2.05) is 0 Å². The van der Waals surface area contributed by atoms with Crippen LogP contribution in [0.5, 0.6) is 0 Å². The molecule has 0 N–H and O–H groups in total. The number of benzene rings is 1. The van der Waals surface area contributed by atoms with Gasteiger partial charge in [-0.05, 0) is 23.0 Å². The van der Waals surface area contributed by atoms with Crippen LogP contribution in [0, 0.1) is 0 Å². The Hall–Kier alpha value is -0.116. The number of anilines is 1. The molecule has 0 fully saturated rings. The Labute approximate surface area is 125 Å². The van der Waals surface area contributed by atoms with Crippen molar-refractivity contribution in [2.24, 2.45) is 0 Å². The molecule has 0 aliphatic heterocycles. The summed E-state index contributed by atoms with van der Waals surface area (Å²) in [5, 5.41) is 0. The molecule has 0 aliphatic carbocycles. The number of para-hydroxylation sites is 1. The first-order chi connectivity index (χ1) is 8.70. The zero-order valence-electron chi connectivity index (χ0n) is 13.4. The first-order valence-corrected chi connectivity index (χ1v) is 13.3. The molecule has 19 heavy (non-hydrogen) atoms. The summed E-state index contributed by atoms with van der Waals surface area (Å²) in [6.45, 7) is 16.5. The van der Waals surface area contributed by atoms with Crippen LogP contribution in [0.15, 0.2) is 18.2 Å². The molecule has 0 amide bonds. The summed E-state index contributed by atoms with van der Waals surface area (Å²) in [5.41, 5.74) is 4.52. The number of nitrogens with zero attached hydrogens (tertiary/aromatic N) is 1. The fourth-order valence-corrected chi connectivity index (χ4v) is 9.10. The van der Waals surface area contributed by atoms with Crippen molar-refractivity contribution in [2.75, 3.05) is 4.23 Å². The second kappa shape index (κ2) is 6.56. The Morgan fingerprint density at radius 2 is 1.42 bits per heavy atom. The molecular formula is C15H28NPSi2. The Morgan fingerprint density at radius 3 is 1.68 bits per heavy atom. The first-order valence-electron chi connectivity index (χ1n) is 7.09. The van der Waals surface area contributed by atoms with Crippen LogP contribution in [-0.2, 0) is 0 Å². The lowest BCUT2D eigenvalue weighted by atomic mass is 9.93. The maximum Gasteiger partial charge on any atom is 0.200 e. The Morgan fingerprint density at radius 1 is 1.00 bits per heavy atom. The van der Waals surface area contributed by atoms with Gasteiger partial charge in [-0.2, -0.15) is 0 Å². The molecule has 0 saturated heterocycles. The molecule has 0 saturated carbocycles. The van der Waals surface area contributed by atoms with E-state index in [1.165, 1.54) is 16.8 Å². The topological polar surface area (TPSA) is 3.24 Å². The number of hydrogen-bond acceptors (Lipinski definition) is 1. The van der Waals surface area contributed by atoms with Gasteiger partial charge < -0.3 is 4.23 Å². The van der Waals surface area contributed by atoms with Crippen LogP contribution in [-0.4, -0.2) is 17.6 Å². The second-order valence-electron chi connectivity index (χ2n) is 6.73. The summed E-state index contributed by atoms with van der Waals surface area (Å²) < 4.78 is 2.68. The van der Waals surface area contributed by atoms with Gasteiger partial charge in [-0.25, -0.2) is 0 Å². The maximum atomic E-state index is 2.95. The van der Waals surface area contributed by atoms with Crippen molar-refractivity contribution in [2.45, 2.75) is 59.2 Å². The molecule has 1 nitrogen and oxygen atoms in total. The van der Waals surface area contributed by atoms with Gasteiger partial charge in [-0.15, -0.1) is 8.79 Å². The Balaban J connectivity index is 3.52. The quantitative estimate of drug-likeness (QED) is 0.547. The third-order valence-corrected chi connectivity index (χ3v) is 9.36. The summed E-state index contributed by atoms with van der Waals surface area (Å²) in [5.74, 6) is 1.16. The molecule has 0 bridgehead atoms. The average molecular weight is 310 g/mol. The summed E-state index contributed by atoms with van der Waals surface area (Å²) >= 11 is 0. The van der Waals surface area contributed by atoms with Gasteiger partial charge in [0.25, 0.3) is 0 Å². The molecular weight excluding hydrogens is 281 g/mol. The highest BCUT2D eigenvalue weighted by atomic mass is 31.3. The van der Waals surface area contributed by atoms with Crippen LogP contribution < -0.4 is 4.23 Å². The molecule has 1 rings (SSSR count). The zero-order valence-corrected chi connectivity index (χ0v) is 16.6. The van der Waals surface area contributed by atoms with Gasteiger partial charge in [0.2, 0.25) is 0 Å². The molecule has 1 unspecified atom stereocenters. The van der Waals surface area contributed by atoms with Crippen molar-refractivity contribution in [1.82, 2.24) is 0 Å². The largest absolute Gasteiger partial charge is 0.422 e. The normalized spacial score (nSPS) is 12.3. The van der Waals surface area contributed by atoms with Crippen molar-refractivity contribution in [3.63, 3.8) is 0 Å². The fourth-order valence-electron chi connectivity index (χ4n) is 2.36. The molecule has 2 radical (unpaired) electrons. The predicted molar refractivity (Wildman–Crippen MR) is 95.9 cm³/mol. The summed E-state index contributed by atoms with van der Waals surface area (Å²) in [7, 11) is 2.36. The molecule has 1 aromatic carbocycles. The zero-order chi connectivity index (χ0) is 14.8. The Kier molecular flexibility index (Phi) is 5.84. The molecule has 4 heteroatoms. The van der Waals surface area contributed by atoms with Crippen LogP contribution in [0.1, 0.15) is 50.7 Å². The highest BCUT2D eigenvalue weighted by Gasteiger charge is 2.28. The molecule has 0 aliphatic rings. The van der Waals surface area contributed by atoms with E-state index in [0.717, 1.165) is 9.35 Å². The lowest BCUT2D eigenvalue weighted by Gasteiger charge is -2.39. The average Bonchev–Trinajstić information content (AvgIpc) is 2.27. The van der Waals surface area contributed by atoms with Crippen LogP contribution in [0.3, 0.4) is 0 Å². The van der Waals surface area contributed by atoms with E-state index in [-0.39, 0.29) is 0 Å². The lowest BCUT2D eigenvalue weighted by Crippen LogP contribution is -2.48. The van der Waals surface area contributed by atoms with Gasteiger partial charge >= 0.3 is 0 Å². The molecule has 0 aromatic heterocycles. The minimum Gasteiger partial charge on any atom is -0.422 e. The number of rotatable bonds is 5.